The zero-order valence-corrected chi connectivity index (χ0v) is 16.1. The first-order valence-corrected chi connectivity index (χ1v) is 9.57. The minimum atomic E-state index is -0.0520. The summed E-state index contributed by atoms with van der Waals surface area (Å²) >= 11 is 0. The second-order valence-corrected chi connectivity index (χ2v) is 6.84. The molecule has 148 valence electrons. The lowest BCUT2D eigenvalue weighted by Crippen LogP contribution is -2.47. The van der Waals surface area contributed by atoms with Crippen LogP contribution in [0.25, 0.3) is 0 Å². The number of benzene rings is 1. The number of aromatic nitrogens is 2. The van der Waals surface area contributed by atoms with E-state index in [1.54, 1.807) is 18.1 Å². The van der Waals surface area contributed by atoms with E-state index in [1.165, 1.54) is 12.0 Å². The van der Waals surface area contributed by atoms with Crippen molar-refractivity contribution in [3.63, 3.8) is 0 Å². The summed E-state index contributed by atoms with van der Waals surface area (Å²) in [5.74, 6) is 1.62. The van der Waals surface area contributed by atoms with Gasteiger partial charge < -0.3 is 24.2 Å². The van der Waals surface area contributed by atoms with E-state index in [-0.39, 0.29) is 5.91 Å². The summed E-state index contributed by atoms with van der Waals surface area (Å²) in [6.07, 6.45) is 1.48. The number of hydrogen-bond donors (Lipinski definition) is 0. The molecule has 1 aromatic carbocycles. The number of amides is 1. The lowest BCUT2D eigenvalue weighted by molar-refractivity contribution is 0.0299. The van der Waals surface area contributed by atoms with Crippen LogP contribution in [0.5, 0.6) is 5.75 Å². The molecule has 0 spiro atoms. The highest BCUT2D eigenvalue weighted by Crippen LogP contribution is 2.22. The van der Waals surface area contributed by atoms with E-state index in [9.17, 15) is 4.79 Å². The summed E-state index contributed by atoms with van der Waals surface area (Å²) < 4.78 is 10.5. The average Bonchev–Trinajstić information content (AvgIpc) is 2.79. The summed E-state index contributed by atoms with van der Waals surface area (Å²) in [4.78, 5) is 27.6. The van der Waals surface area contributed by atoms with Crippen LogP contribution < -0.4 is 14.5 Å². The number of nitrogens with zero attached hydrogens (tertiary/aromatic N) is 5. The largest absolute Gasteiger partial charge is 0.497 e. The smallest absolute Gasteiger partial charge is 0.272 e. The van der Waals surface area contributed by atoms with Crippen LogP contribution in [0.3, 0.4) is 0 Å². The van der Waals surface area contributed by atoms with Gasteiger partial charge in [-0.3, -0.25) is 4.79 Å². The van der Waals surface area contributed by atoms with Gasteiger partial charge >= 0.3 is 0 Å². The first kappa shape index (κ1) is 18.5. The van der Waals surface area contributed by atoms with Crippen LogP contribution in [-0.4, -0.2) is 80.4 Å². The summed E-state index contributed by atoms with van der Waals surface area (Å²) in [7, 11) is 1.67. The Kier molecular flexibility index (Phi) is 5.57. The van der Waals surface area contributed by atoms with Crippen molar-refractivity contribution in [1.82, 2.24) is 14.9 Å². The van der Waals surface area contributed by atoms with Gasteiger partial charge in [0.1, 0.15) is 23.6 Å². The van der Waals surface area contributed by atoms with Crippen LogP contribution >= 0.6 is 0 Å². The summed E-state index contributed by atoms with van der Waals surface area (Å²) in [6, 6.07) is 9.93. The van der Waals surface area contributed by atoms with Gasteiger partial charge in [-0.1, -0.05) is 0 Å². The molecular formula is C20H25N5O3. The fourth-order valence-corrected chi connectivity index (χ4v) is 3.55. The van der Waals surface area contributed by atoms with Crippen LogP contribution in [0, 0.1) is 0 Å². The summed E-state index contributed by atoms with van der Waals surface area (Å²) in [5, 5.41) is 0. The average molecular weight is 383 g/mol. The second-order valence-electron chi connectivity index (χ2n) is 6.84. The highest BCUT2D eigenvalue weighted by molar-refractivity contribution is 5.93. The van der Waals surface area contributed by atoms with Crippen molar-refractivity contribution in [3.8, 4) is 5.75 Å². The van der Waals surface area contributed by atoms with Gasteiger partial charge in [-0.05, 0) is 24.3 Å². The van der Waals surface area contributed by atoms with Crippen LogP contribution in [0.2, 0.25) is 0 Å². The molecule has 0 aliphatic carbocycles. The standard InChI is InChI=1S/C20H25N5O3/c1-27-17-4-2-16(3-5-17)23-6-8-24(9-7-23)19-14-18(21-15-22-19)20(26)25-10-12-28-13-11-25/h2-5,14-15H,6-13H2,1H3. The van der Waals surface area contributed by atoms with Crippen molar-refractivity contribution >= 4 is 17.4 Å². The number of morpholine rings is 1. The number of anilines is 2. The summed E-state index contributed by atoms with van der Waals surface area (Å²) in [5.41, 5.74) is 1.64. The molecule has 1 aromatic heterocycles. The van der Waals surface area contributed by atoms with Gasteiger partial charge in [-0.25, -0.2) is 9.97 Å². The fourth-order valence-electron chi connectivity index (χ4n) is 3.55. The van der Waals surface area contributed by atoms with Gasteiger partial charge in [0.2, 0.25) is 0 Å². The molecule has 0 unspecified atom stereocenters. The van der Waals surface area contributed by atoms with Crippen molar-refractivity contribution in [3.05, 3.63) is 42.4 Å². The molecule has 1 amide bonds. The quantitative estimate of drug-likeness (QED) is 0.788. The lowest BCUT2D eigenvalue weighted by atomic mass is 10.2. The van der Waals surface area contributed by atoms with Crippen molar-refractivity contribution in [1.29, 1.82) is 0 Å². The molecule has 0 radical (unpaired) electrons. The Bertz CT molecular complexity index is 800. The maximum Gasteiger partial charge on any atom is 0.272 e. The maximum absolute atomic E-state index is 12.7. The van der Waals surface area contributed by atoms with Crippen molar-refractivity contribution in [2.45, 2.75) is 0 Å². The molecule has 28 heavy (non-hydrogen) atoms. The fraction of sp³-hybridized carbons (Fsp3) is 0.450. The third-order valence-corrected chi connectivity index (χ3v) is 5.21. The molecule has 3 heterocycles. The van der Waals surface area contributed by atoms with E-state index in [0.717, 1.165) is 37.7 Å². The van der Waals surface area contributed by atoms with Crippen LogP contribution in [-0.2, 0) is 4.74 Å². The third kappa shape index (κ3) is 4.01. The third-order valence-electron chi connectivity index (χ3n) is 5.21. The summed E-state index contributed by atoms with van der Waals surface area (Å²) in [6.45, 7) is 5.85. The number of piperazine rings is 1. The molecule has 0 atom stereocenters. The zero-order valence-electron chi connectivity index (χ0n) is 16.1. The van der Waals surface area contributed by atoms with Crippen molar-refractivity contribution < 1.29 is 14.3 Å². The van der Waals surface area contributed by atoms with E-state index < -0.39 is 0 Å². The maximum atomic E-state index is 12.7. The zero-order chi connectivity index (χ0) is 19.3. The van der Waals surface area contributed by atoms with Gasteiger partial charge in [0.15, 0.2) is 0 Å². The molecule has 0 N–H and O–H groups in total. The molecule has 2 aromatic rings. The first-order chi connectivity index (χ1) is 13.7. The van der Waals surface area contributed by atoms with Crippen molar-refractivity contribution in [2.75, 3.05) is 69.4 Å². The predicted molar refractivity (Wildman–Crippen MR) is 106 cm³/mol. The molecule has 2 fully saturated rings. The topological polar surface area (TPSA) is 71.0 Å². The van der Waals surface area contributed by atoms with Crippen molar-refractivity contribution in [2.24, 2.45) is 0 Å². The lowest BCUT2D eigenvalue weighted by Gasteiger charge is -2.36. The number of carbonyl (C=O) groups is 1. The minimum absolute atomic E-state index is 0.0520. The molecule has 0 bridgehead atoms. The predicted octanol–water partition coefficient (Wildman–Crippen LogP) is 1.28. The Morgan fingerprint density at radius 1 is 0.964 bits per heavy atom. The van der Waals surface area contributed by atoms with E-state index in [0.29, 0.717) is 32.0 Å². The van der Waals surface area contributed by atoms with Gasteiger partial charge in [0.05, 0.1) is 20.3 Å². The second kappa shape index (κ2) is 8.43. The highest BCUT2D eigenvalue weighted by atomic mass is 16.5. The minimum Gasteiger partial charge on any atom is -0.497 e. The van der Waals surface area contributed by atoms with Gasteiger partial charge in [-0.15, -0.1) is 0 Å². The number of methoxy groups -OCH3 is 1. The Balaban J connectivity index is 1.39. The molecule has 8 nitrogen and oxygen atoms in total. The molecule has 4 rings (SSSR count). The van der Waals surface area contributed by atoms with Crippen LogP contribution in [0.15, 0.2) is 36.7 Å². The Hall–Kier alpha value is -2.87. The number of hydrogen-bond acceptors (Lipinski definition) is 7. The molecule has 0 saturated carbocycles. The highest BCUT2D eigenvalue weighted by Gasteiger charge is 2.23. The molecular weight excluding hydrogens is 358 g/mol. The van der Waals surface area contributed by atoms with E-state index in [4.69, 9.17) is 9.47 Å². The van der Waals surface area contributed by atoms with E-state index in [2.05, 4.69) is 31.9 Å². The number of carbonyl (C=O) groups excluding carboxylic acids is 1. The molecule has 8 heteroatoms. The Morgan fingerprint density at radius 2 is 1.64 bits per heavy atom. The molecule has 2 saturated heterocycles. The van der Waals surface area contributed by atoms with Crippen LogP contribution in [0.1, 0.15) is 10.5 Å². The normalized spacial score (nSPS) is 17.5. The Morgan fingerprint density at radius 3 is 2.32 bits per heavy atom. The number of rotatable bonds is 4. The Labute approximate surface area is 164 Å². The van der Waals surface area contributed by atoms with E-state index in [1.807, 2.05) is 12.1 Å². The van der Waals surface area contributed by atoms with Gasteiger partial charge in [0, 0.05) is 51.0 Å². The molecule has 2 aliphatic heterocycles. The first-order valence-electron chi connectivity index (χ1n) is 9.57. The van der Waals surface area contributed by atoms with Crippen LogP contribution in [0.4, 0.5) is 11.5 Å². The SMILES string of the molecule is COc1ccc(N2CCN(c3cc(C(=O)N4CCOCC4)ncn3)CC2)cc1. The monoisotopic (exact) mass is 383 g/mol. The number of ether oxygens (including phenoxy) is 2. The van der Waals surface area contributed by atoms with Gasteiger partial charge in [-0.2, -0.15) is 0 Å². The van der Waals surface area contributed by atoms with Gasteiger partial charge in [0.25, 0.3) is 5.91 Å². The molecule has 2 aliphatic rings. The van der Waals surface area contributed by atoms with E-state index >= 15 is 0 Å².